The molecule has 26 heavy (non-hydrogen) atoms. The Morgan fingerprint density at radius 2 is 2.08 bits per heavy atom. The van der Waals surface area contributed by atoms with E-state index in [-0.39, 0.29) is 11.6 Å². The topological polar surface area (TPSA) is 59.5 Å². The van der Waals surface area contributed by atoms with Gasteiger partial charge < -0.3 is 14.8 Å². The van der Waals surface area contributed by atoms with E-state index in [4.69, 9.17) is 9.47 Å². The van der Waals surface area contributed by atoms with Crippen molar-refractivity contribution in [1.82, 2.24) is 14.9 Å². The summed E-state index contributed by atoms with van der Waals surface area (Å²) in [5.74, 6) is 0.896. The molecule has 2 aliphatic rings. The molecule has 0 saturated carbocycles. The van der Waals surface area contributed by atoms with Gasteiger partial charge in [-0.3, -0.25) is 4.90 Å². The van der Waals surface area contributed by atoms with Crippen LogP contribution in [0, 0.1) is 5.82 Å². The van der Waals surface area contributed by atoms with Crippen molar-refractivity contribution in [2.75, 3.05) is 32.1 Å². The van der Waals surface area contributed by atoms with Gasteiger partial charge in [0.15, 0.2) is 5.82 Å². The van der Waals surface area contributed by atoms with Crippen molar-refractivity contribution >= 4 is 5.95 Å². The minimum Gasteiger partial charge on any atom is -0.497 e. The molecule has 0 aliphatic carbocycles. The Labute approximate surface area is 152 Å². The average molecular weight is 358 g/mol. The Bertz CT molecular complexity index is 740. The number of hydrogen-bond acceptors (Lipinski definition) is 6. The lowest BCUT2D eigenvalue weighted by molar-refractivity contribution is 0.0120. The molecule has 1 spiro atoms. The van der Waals surface area contributed by atoms with Crippen molar-refractivity contribution < 1.29 is 13.9 Å². The van der Waals surface area contributed by atoms with Crippen LogP contribution in [-0.4, -0.2) is 53.3 Å². The molecule has 0 unspecified atom stereocenters. The number of anilines is 1. The lowest BCUT2D eigenvalue weighted by Crippen LogP contribution is -2.33. The van der Waals surface area contributed by atoms with Gasteiger partial charge in [-0.1, -0.05) is 12.1 Å². The molecule has 138 valence electrons. The monoisotopic (exact) mass is 358 g/mol. The standard InChI is InChI=1S/C19H23FN4O2/c1-25-17-4-2-14(3-5-17)11-24-7-6-19(13-24)8-16(12-26-19)23-18-21-9-15(20)10-22-18/h2-5,9-10,16H,6-8,11-13H2,1H3,(H,21,22,23)/t16-,19-/m1/s1. The maximum atomic E-state index is 12.9. The fourth-order valence-corrected chi connectivity index (χ4v) is 3.84. The lowest BCUT2D eigenvalue weighted by Gasteiger charge is -2.23. The summed E-state index contributed by atoms with van der Waals surface area (Å²) in [6.07, 6.45) is 4.28. The molecule has 1 aromatic heterocycles. The Morgan fingerprint density at radius 1 is 1.31 bits per heavy atom. The summed E-state index contributed by atoms with van der Waals surface area (Å²) in [7, 11) is 1.68. The van der Waals surface area contributed by atoms with Crippen LogP contribution in [0.1, 0.15) is 18.4 Å². The summed E-state index contributed by atoms with van der Waals surface area (Å²) in [6, 6.07) is 8.36. The highest BCUT2D eigenvalue weighted by Crippen LogP contribution is 2.36. The van der Waals surface area contributed by atoms with E-state index in [9.17, 15) is 4.39 Å². The third-order valence-corrected chi connectivity index (χ3v) is 5.12. The number of rotatable bonds is 5. The van der Waals surface area contributed by atoms with Crippen molar-refractivity contribution in [3.63, 3.8) is 0 Å². The molecule has 0 amide bonds. The normalized spacial score (nSPS) is 25.7. The maximum absolute atomic E-state index is 12.9. The molecule has 0 bridgehead atoms. The quantitative estimate of drug-likeness (QED) is 0.886. The highest BCUT2D eigenvalue weighted by molar-refractivity contribution is 5.28. The van der Waals surface area contributed by atoms with E-state index in [1.807, 2.05) is 12.1 Å². The van der Waals surface area contributed by atoms with Gasteiger partial charge in [-0.2, -0.15) is 0 Å². The Hall–Kier alpha value is -2.25. The smallest absolute Gasteiger partial charge is 0.223 e. The van der Waals surface area contributed by atoms with E-state index in [2.05, 4.69) is 32.3 Å². The highest BCUT2D eigenvalue weighted by Gasteiger charge is 2.45. The number of ether oxygens (including phenoxy) is 2. The van der Waals surface area contributed by atoms with E-state index in [0.29, 0.717) is 12.6 Å². The van der Waals surface area contributed by atoms with E-state index >= 15 is 0 Å². The number of nitrogens with one attached hydrogen (secondary N) is 1. The summed E-state index contributed by atoms with van der Waals surface area (Å²) in [4.78, 5) is 10.4. The molecule has 2 saturated heterocycles. The first kappa shape index (κ1) is 17.2. The van der Waals surface area contributed by atoms with Gasteiger partial charge in [-0.25, -0.2) is 14.4 Å². The second kappa shape index (κ2) is 7.17. The molecule has 1 N–H and O–H groups in total. The Balaban J connectivity index is 1.32. The van der Waals surface area contributed by atoms with Crippen LogP contribution in [0.4, 0.5) is 10.3 Å². The van der Waals surface area contributed by atoms with Gasteiger partial charge in [0.2, 0.25) is 5.95 Å². The number of methoxy groups -OCH3 is 1. The Morgan fingerprint density at radius 3 is 2.81 bits per heavy atom. The molecule has 0 radical (unpaired) electrons. The molecule has 2 aliphatic heterocycles. The number of nitrogens with zero attached hydrogens (tertiary/aromatic N) is 3. The average Bonchev–Trinajstić information content (AvgIpc) is 3.24. The van der Waals surface area contributed by atoms with E-state index in [0.717, 1.165) is 38.2 Å². The molecule has 2 aromatic rings. The van der Waals surface area contributed by atoms with Crippen LogP contribution in [0.5, 0.6) is 5.75 Å². The summed E-state index contributed by atoms with van der Waals surface area (Å²) < 4.78 is 24.3. The SMILES string of the molecule is COc1ccc(CN2CC[C@@]3(C[C@@H](Nc4ncc(F)cn4)CO3)C2)cc1. The van der Waals surface area contributed by atoms with Crippen molar-refractivity contribution in [2.45, 2.75) is 31.0 Å². The number of likely N-dealkylation sites (tertiary alicyclic amines) is 1. The molecular weight excluding hydrogens is 335 g/mol. The zero-order chi connectivity index (χ0) is 18.0. The zero-order valence-corrected chi connectivity index (χ0v) is 14.8. The first-order chi connectivity index (χ1) is 12.6. The van der Waals surface area contributed by atoms with Crippen molar-refractivity contribution in [1.29, 1.82) is 0 Å². The summed E-state index contributed by atoms with van der Waals surface area (Å²) in [5.41, 5.74) is 1.17. The minimum atomic E-state index is -0.431. The summed E-state index contributed by atoms with van der Waals surface area (Å²) in [5, 5.41) is 3.25. The number of hydrogen-bond donors (Lipinski definition) is 1. The van der Waals surface area contributed by atoms with Gasteiger partial charge in [-0.05, 0) is 24.1 Å². The van der Waals surface area contributed by atoms with Crippen LogP contribution < -0.4 is 10.1 Å². The fraction of sp³-hybridized carbons (Fsp3) is 0.474. The van der Waals surface area contributed by atoms with Gasteiger partial charge in [0.05, 0.1) is 37.8 Å². The molecule has 1 aromatic carbocycles. The third-order valence-electron chi connectivity index (χ3n) is 5.12. The second-order valence-electron chi connectivity index (χ2n) is 7.07. The van der Waals surface area contributed by atoms with Crippen molar-refractivity contribution in [2.24, 2.45) is 0 Å². The first-order valence-corrected chi connectivity index (χ1v) is 8.87. The molecule has 7 heteroatoms. The maximum Gasteiger partial charge on any atom is 0.223 e. The van der Waals surface area contributed by atoms with Crippen LogP contribution in [-0.2, 0) is 11.3 Å². The van der Waals surface area contributed by atoms with Gasteiger partial charge in [0.25, 0.3) is 0 Å². The Kier molecular flexibility index (Phi) is 4.74. The van der Waals surface area contributed by atoms with Crippen LogP contribution in [0.3, 0.4) is 0 Å². The van der Waals surface area contributed by atoms with Crippen molar-refractivity contribution in [3.8, 4) is 5.75 Å². The van der Waals surface area contributed by atoms with E-state index in [1.54, 1.807) is 7.11 Å². The van der Waals surface area contributed by atoms with Crippen LogP contribution in [0.2, 0.25) is 0 Å². The minimum absolute atomic E-state index is 0.107. The summed E-state index contributed by atoms with van der Waals surface area (Å²) >= 11 is 0. The zero-order valence-electron chi connectivity index (χ0n) is 14.8. The molecule has 3 heterocycles. The summed E-state index contributed by atoms with van der Waals surface area (Å²) in [6.45, 7) is 3.47. The number of halogens is 1. The number of aromatic nitrogens is 2. The molecular formula is C19H23FN4O2. The lowest BCUT2D eigenvalue weighted by atomic mass is 9.97. The first-order valence-electron chi connectivity index (χ1n) is 8.87. The van der Waals surface area contributed by atoms with Crippen LogP contribution in [0.15, 0.2) is 36.7 Å². The molecule has 6 nitrogen and oxygen atoms in total. The molecule has 4 rings (SSSR count). The predicted octanol–water partition coefficient (Wildman–Crippen LogP) is 2.47. The van der Waals surface area contributed by atoms with E-state index < -0.39 is 5.82 Å². The van der Waals surface area contributed by atoms with E-state index in [1.165, 1.54) is 18.0 Å². The van der Waals surface area contributed by atoms with Crippen LogP contribution >= 0.6 is 0 Å². The third kappa shape index (κ3) is 3.78. The van der Waals surface area contributed by atoms with Crippen molar-refractivity contribution in [3.05, 3.63) is 48.0 Å². The highest BCUT2D eigenvalue weighted by atomic mass is 19.1. The van der Waals surface area contributed by atoms with Crippen LogP contribution in [0.25, 0.3) is 0 Å². The molecule has 2 atom stereocenters. The molecule has 2 fully saturated rings. The van der Waals surface area contributed by atoms with Gasteiger partial charge >= 0.3 is 0 Å². The van der Waals surface area contributed by atoms with Gasteiger partial charge in [-0.15, -0.1) is 0 Å². The van der Waals surface area contributed by atoms with Gasteiger partial charge in [0, 0.05) is 26.1 Å². The largest absolute Gasteiger partial charge is 0.497 e. The predicted molar refractivity (Wildman–Crippen MR) is 95.6 cm³/mol. The number of benzene rings is 1. The second-order valence-corrected chi connectivity index (χ2v) is 7.07. The fourth-order valence-electron chi connectivity index (χ4n) is 3.84. The van der Waals surface area contributed by atoms with Gasteiger partial charge in [0.1, 0.15) is 5.75 Å².